The molecule has 0 bridgehead atoms. The highest BCUT2D eigenvalue weighted by Gasteiger charge is 2.43. The molecule has 9 nitrogen and oxygen atoms in total. The van der Waals surface area contributed by atoms with Gasteiger partial charge in [-0.2, -0.15) is 0 Å². The molecule has 0 atom stereocenters. The SMILES string of the molecule is CCCC1(C(=O)OCC)CCN(C(=O)OC(C)(C)C)CC1.CCCC1(C=O)CCN(C(=O)OC(C)(C)C)CC1. The van der Waals surface area contributed by atoms with Gasteiger partial charge in [-0.25, -0.2) is 9.59 Å². The molecule has 2 saturated heterocycles. The highest BCUT2D eigenvalue weighted by Crippen LogP contribution is 2.38. The Morgan fingerprint density at radius 3 is 1.46 bits per heavy atom. The fraction of sp³-hybridized carbons (Fsp3) is 0.867. The molecule has 0 aromatic rings. The molecule has 2 aliphatic heterocycles. The Morgan fingerprint density at radius 2 is 1.13 bits per heavy atom. The van der Waals surface area contributed by atoms with Crippen LogP contribution in [0.1, 0.15) is 114 Å². The van der Waals surface area contributed by atoms with Crippen LogP contribution >= 0.6 is 0 Å². The summed E-state index contributed by atoms with van der Waals surface area (Å²) in [6.07, 6.45) is 7.01. The fourth-order valence-corrected chi connectivity index (χ4v) is 5.15. The van der Waals surface area contributed by atoms with Gasteiger partial charge in [0.1, 0.15) is 17.5 Å². The molecule has 2 rings (SSSR count). The van der Waals surface area contributed by atoms with Gasteiger partial charge >= 0.3 is 18.2 Å². The summed E-state index contributed by atoms with van der Waals surface area (Å²) in [6, 6.07) is 0. The van der Waals surface area contributed by atoms with E-state index >= 15 is 0 Å². The van der Waals surface area contributed by atoms with Crippen LogP contribution in [0.5, 0.6) is 0 Å². The Hall–Kier alpha value is -2.32. The number of hydrogen-bond donors (Lipinski definition) is 0. The Morgan fingerprint density at radius 1 is 0.718 bits per heavy atom. The van der Waals surface area contributed by atoms with Crippen LogP contribution in [-0.2, 0) is 23.8 Å². The molecule has 0 unspecified atom stereocenters. The molecule has 0 radical (unpaired) electrons. The zero-order valence-corrected chi connectivity index (χ0v) is 26.0. The second-order valence-corrected chi connectivity index (χ2v) is 12.9. The summed E-state index contributed by atoms with van der Waals surface area (Å²) in [7, 11) is 0. The van der Waals surface area contributed by atoms with Crippen LogP contribution in [0.4, 0.5) is 9.59 Å². The van der Waals surface area contributed by atoms with Crippen molar-refractivity contribution in [1.82, 2.24) is 9.80 Å². The quantitative estimate of drug-likeness (QED) is 0.205. The van der Waals surface area contributed by atoms with Crippen molar-refractivity contribution in [2.75, 3.05) is 32.8 Å². The van der Waals surface area contributed by atoms with E-state index in [1.807, 2.05) is 48.5 Å². The van der Waals surface area contributed by atoms with Crippen molar-refractivity contribution in [3.05, 3.63) is 0 Å². The molecule has 2 heterocycles. The maximum atomic E-state index is 12.3. The van der Waals surface area contributed by atoms with Crippen LogP contribution in [0.2, 0.25) is 0 Å². The average Bonchev–Trinajstić information content (AvgIpc) is 2.83. The predicted molar refractivity (Wildman–Crippen MR) is 151 cm³/mol. The number of rotatable bonds is 7. The summed E-state index contributed by atoms with van der Waals surface area (Å²) in [6.45, 7) is 19.9. The number of nitrogens with zero attached hydrogens (tertiary/aromatic N) is 2. The van der Waals surface area contributed by atoms with Crippen molar-refractivity contribution in [3.63, 3.8) is 0 Å². The first-order valence-electron chi connectivity index (χ1n) is 14.7. The molecule has 2 amide bonds. The molecular weight excluding hydrogens is 500 g/mol. The minimum atomic E-state index is -0.490. The zero-order valence-electron chi connectivity index (χ0n) is 26.0. The van der Waals surface area contributed by atoms with Crippen LogP contribution in [-0.4, -0.2) is 78.2 Å². The van der Waals surface area contributed by atoms with Crippen molar-refractivity contribution in [3.8, 4) is 0 Å². The summed E-state index contributed by atoms with van der Waals surface area (Å²) in [5, 5.41) is 0. The van der Waals surface area contributed by atoms with E-state index in [0.717, 1.165) is 44.8 Å². The van der Waals surface area contributed by atoms with Gasteiger partial charge in [-0.1, -0.05) is 26.7 Å². The first-order valence-corrected chi connectivity index (χ1v) is 14.7. The summed E-state index contributed by atoms with van der Waals surface area (Å²) >= 11 is 0. The summed E-state index contributed by atoms with van der Waals surface area (Å²) in [4.78, 5) is 50.9. The third-order valence-corrected chi connectivity index (χ3v) is 7.22. The van der Waals surface area contributed by atoms with Crippen molar-refractivity contribution >= 4 is 24.4 Å². The van der Waals surface area contributed by atoms with Crippen LogP contribution in [0.3, 0.4) is 0 Å². The van der Waals surface area contributed by atoms with Gasteiger partial charge in [-0.05, 0) is 87.0 Å². The van der Waals surface area contributed by atoms with Gasteiger partial charge in [0.25, 0.3) is 0 Å². The van der Waals surface area contributed by atoms with Crippen LogP contribution < -0.4 is 0 Å². The lowest BCUT2D eigenvalue weighted by atomic mass is 9.75. The molecule has 9 heteroatoms. The summed E-state index contributed by atoms with van der Waals surface area (Å²) in [5.41, 5.74) is -1.59. The van der Waals surface area contributed by atoms with E-state index < -0.39 is 16.6 Å². The molecular formula is C30H54N2O7. The molecule has 0 aliphatic carbocycles. The van der Waals surface area contributed by atoms with Gasteiger partial charge in [-0.15, -0.1) is 0 Å². The predicted octanol–water partition coefficient (Wildman–Crippen LogP) is 6.37. The van der Waals surface area contributed by atoms with Gasteiger partial charge in [-0.3, -0.25) is 4.79 Å². The van der Waals surface area contributed by atoms with Crippen molar-refractivity contribution in [2.24, 2.45) is 10.8 Å². The molecule has 0 aromatic heterocycles. The molecule has 39 heavy (non-hydrogen) atoms. The third kappa shape index (κ3) is 11.4. The minimum absolute atomic E-state index is 0.115. The maximum Gasteiger partial charge on any atom is 0.410 e. The zero-order chi connectivity index (χ0) is 29.9. The summed E-state index contributed by atoms with van der Waals surface area (Å²) < 4.78 is 16.0. The van der Waals surface area contributed by atoms with Crippen molar-refractivity contribution < 1.29 is 33.4 Å². The standard InChI is InChI=1S/C16H29NO4.C14H25NO3/c1-6-8-16(13(18)20-7-2)9-11-17(12-10-16)14(19)21-15(3,4)5;1-5-6-14(11-16)7-9-15(10-8-14)12(17)18-13(2,3)4/h6-12H2,1-5H3;11H,5-10H2,1-4H3. The molecule has 2 aliphatic rings. The average molecular weight is 555 g/mol. The Kier molecular flexibility index (Phi) is 13.3. The molecule has 0 aromatic carbocycles. The minimum Gasteiger partial charge on any atom is -0.466 e. The van der Waals surface area contributed by atoms with Crippen LogP contribution in [0.15, 0.2) is 0 Å². The Bertz CT molecular complexity index is 797. The van der Waals surface area contributed by atoms with Crippen LogP contribution in [0.25, 0.3) is 0 Å². The molecule has 0 spiro atoms. The fourth-order valence-electron chi connectivity index (χ4n) is 5.15. The van der Waals surface area contributed by atoms with Gasteiger partial charge < -0.3 is 28.8 Å². The Balaban J connectivity index is 0.000000395. The first-order chi connectivity index (χ1) is 18.1. The molecule has 226 valence electrons. The number of carbonyl (C=O) groups is 4. The maximum absolute atomic E-state index is 12.3. The smallest absolute Gasteiger partial charge is 0.410 e. The van der Waals surface area contributed by atoms with Gasteiger partial charge in [0, 0.05) is 31.6 Å². The van der Waals surface area contributed by atoms with E-state index in [-0.39, 0.29) is 23.6 Å². The number of likely N-dealkylation sites (tertiary alicyclic amines) is 2. The number of amides is 2. The number of piperidine rings is 2. The van der Waals surface area contributed by atoms with E-state index in [0.29, 0.717) is 45.6 Å². The lowest BCUT2D eigenvalue weighted by Crippen LogP contribution is -2.48. The van der Waals surface area contributed by atoms with E-state index in [1.54, 1.807) is 9.80 Å². The second-order valence-electron chi connectivity index (χ2n) is 12.9. The molecule has 0 N–H and O–H groups in total. The van der Waals surface area contributed by atoms with E-state index in [4.69, 9.17) is 14.2 Å². The Labute approximate surface area is 236 Å². The first kappa shape index (κ1) is 34.7. The third-order valence-electron chi connectivity index (χ3n) is 7.22. The highest BCUT2D eigenvalue weighted by atomic mass is 16.6. The van der Waals surface area contributed by atoms with Crippen molar-refractivity contribution in [1.29, 1.82) is 0 Å². The largest absolute Gasteiger partial charge is 0.466 e. The number of carbonyl (C=O) groups excluding carboxylic acids is 4. The number of aldehydes is 1. The van der Waals surface area contributed by atoms with Gasteiger partial charge in [0.15, 0.2) is 0 Å². The summed E-state index contributed by atoms with van der Waals surface area (Å²) in [5.74, 6) is -0.115. The normalized spacial score (nSPS) is 18.8. The number of esters is 1. The van der Waals surface area contributed by atoms with Gasteiger partial charge in [0.05, 0.1) is 12.0 Å². The number of hydrogen-bond acceptors (Lipinski definition) is 7. The van der Waals surface area contributed by atoms with Crippen molar-refractivity contribution in [2.45, 2.75) is 125 Å². The lowest BCUT2D eigenvalue weighted by molar-refractivity contribution is -0.159. The molecule has 2 fully saturated rings. The lowest BCUT2D eigenvalue weighted by Gasteiger charge is -2.40. The monoisotopic (exact) mass is 554 g/mol. The molecule has 0 saturated carbocycles. The van der Waals surface area contributed by atoms with E-state index in [9.17, 15) is 19.2 Å². The van der Waals surface area contributed by atoms with E-state index in [2.05, 4.69) is 13.8 Å². The number of ether oxygens (including phenoxy) is 3. The topological polar surface area (TPSA) is 102 Å². The van der Waals surface area contributed by atoms with Gasteiger partial charge in [0.2, 0.25) is 0 Å². The van der Waals surface area contributed by atoms with Crippen LogP contribution in [0, 0.1) is 10.8 Å². The second kappa shape index (κ2) is 14.9. The van der Waals surface area contributed by atoms with E-state index in [1.165, 1.54) is 0 Å². The highest BCUT2D eigenvalue weighted by molar-refractivity contribution is 5.77.